The number of ether oxygens (including phenoxy) is 1. The second kappa shape index (κ2) is 14.8. The van der Waals surface area contributed by atoms with Crippen LogP contribution < -0.4 is 0 Å². The van der Waals surface area contributed by atoms with E-state index < -0.39 is 11.9 Å². The van der Waals surface area contributed by atoms with Crippen molar-refractivity contribution in [1.29, 1.82) is 0 Å². The van der Waals surface area contributed by atoms with Crippen LogP contribution in [-0.4, -0.2) is 28.3 Å². The number of esters is 1. The predicted molar refractivity (Wildman–Crippen MR) is 83.8 cm³/mol. The molecule has 0 unspecified atom stereocenters. The molecule has 0 aliphatic carbocycles. The molecule has 0 fully saturated rings. The van der Waals surface area contributed by atoms with E-state index in [1.165, 1.54) is 12.6 Å². The average Bonchev–Trinajstić information content (AvgIpc) is 2.55. The number of terminal acetylenes is 3. The molecule has 0 amide bonds. The van der Waals surface area contributed by atoms with Gasteiger partial charge in [-0.3, -0.25) is 19.4 Å². The largest absolute Gasteiger partial charge is 0.481 e. The molecule has 118 valence electrons. The lowest BCUT2D eigenvalue weighted by atomic mass is 10.3. The number of hydrogen-bond donors (Lipinski definition) is 1. The fourth-order valence-corrected chi connectivity index (χ4v) is 0.977. The number of aromatic nitrogens is 1. The SMILES string of the molecule is C#CCC(=O)O.C#CCC(=O)OCc1ccc(C=O)nc1.[2H]C#C. The highest BCUT2D eigenvalue weighted by atomic mass is 16.5. The van der Waals surface area contributed by atoms with Crippen LogP contribution in [0.3, 0.4) is 0 Å². The van der Waals surface area contributed by atoms with Crippen molar-refractivity contribution in [2.24, 2.45) is 0 Å². The molecule has 0 radical (unpaired) electrons. The number of carbonyl (C=O) groups is 3. The van der Waals surface area contributed by atoms with Gasteiger partial charge in [0.05, 0.1) is 0 Å². The zero-order valence-corrected chi connectivity index (χ0v) is 12.2. The first-order valence-electron chi connectivity index (χ1n) is 6.46. The quantitative estimate of drug-likeness (QED) is 0.500. The Balaban J connectivity index is 0. The Hall–Kier alpha value is -3.56. The Bertz CT molecular complexity index is 648. The number of pyridine rings is 1. The van der Waals surface area contributed by atoms with E-state index in [2.05, 4.69) is 23.8 Å². The van der Waals surface area contributed by atoms with E-state index in [0.717, 1.165) is 0 Å². The molecule has 1 heterocycles. The molecule has 1 aromatic rings. The summed E-state index contributed by atoms with van der Waals surface area (Å²) in [6.07, 6.45) is 17.2. The normalized spacial score (nSPS) is 7.96. The minimum absolute atomic E-state index is 0.0418. The molecule has 0 saturated heterocycles. The van der Waals surface area contributed by atoms with Crippen molar-refractivity contribution in [3.8, 4) is 37.5 Å². The van der Waals surface area contributed by atoms with Gasteiger partial charge in [0.2, 0.25) is 0 Å². The molecule has 0 aliphatic rings. The molecule has 0 aliphatic heterocycles. The van der Waals surface area contributed by atoms with E-state index in [1.807, 2.05) is 5.92 Å². The van der Waals surface area contributed by atoms with Crippen LogP contribution in [0.15, 0.2) is 18.3 Å². The lowest BCUT2D eigenvalue weighted by Gasteiger charge is -2.02. The van der Waals surface area contributed by atoms with Crippen LogP contribution in [0.4, 0.5) is 0 Å². The second-order valence-electron chi connectivity index (χ2n) is 3.53. The number of aldehydes is 1. The summed E-state index contributed by atoms with van der Waals surface area (Å²) >= 11 is 0. The van der Waals surface area contributed by atoms with Crippen LogP contribution in [-0.2, 0) is 20.9 Å². The topological polar surface area (TPSA) is 93.6 Å². The van der Waals surface area contributed by atoms with Gasteiger partial charge in [-0.15, -0.1) is 25.7 Å². The van der Waals surface area contributed by atoms with Crippen molar-refractivity contribution >= 4 is 18.2 Å². The van der Waals surface area contributed by atoms with Gasteiger partial charge in [-0.2, -0.15) is 0 Å². The maximum absolute atomic E-state index is 10.9. The standard InChI is InChI=1S/C11H9NO3.C4H4O2.C2H2/c1-2-3-11(14)15-8-9-4-5-10(7-13)12-6-9;1-2-3-4(5)6;1-2/h1,4-7H,3,8H2;1H,3H2,(H,5,6);1-2H/i;;1D. The third kappa shape index (κ3) is 13.2. The van der Waals surface area contributed by atoms with Gasteiger partial charge in [-0.1, -0.05) is 17.9 Å². The summed E-state index contributed by atoms with van der Waals surface area (Å²) in [5, 5.41) is 7.77. The summed E-state index contributed by atoms with van der Waals surface area (Å²) in [6.45, 7) is 0.118. The Morgan fingerprint density at radius 3 is 2.30 bits per heavy atom. The number of rotatable bonds is 5. The Morgan fingerprint density at radius 2 is 1.96 bits per heavy atom. The summed E-state index contributed by atoms with van der Waals surface area (Å²) in [4.78, 5) is 34.5. The van der Waals surface area contributed by atoms with Crippen molar-refractivity contribution in [2.75, 3.05) is 0 Å². The third-order valence-electron chi connectivity index (χ3n) is 1.87. The van der Waals surface area contributed by atoms with Gasteiger partial charge in [0.15, 0.2) is 6.29 Å². The van der Waals surface area contributed by atoms with Gasteiger partial charge in [0, 0.05) is 11.8 Å². The lowest BCUT2D eigenvalue weighted by molar-refractivity contribution is -0.143. The molecule has 6 nitrogen and oxygen atoms in total. The number of hydrogen-bond acceptors (Lipinski definition) is 5. The molecule has 23 heavy (non-hydrogen) atoms. The van der Waals surface area contributed by atoms with Gasteiger partial charge >= 0.3 is 11.9 Å². The highest BCUT2D eigenvalue weighted by molar-refractivity contribution is 5.72. The fourth-order valence-electron chi connectivity index (χ4n) is 0.977. The van der Waals surface area contributed by atoms with Gasteiger partial charge < -0.3 is 9.84 Å². The summed E-state index contributed by atoms with van der Waals surface area (Å²) in [7, 11) is 0. The molecular weight excluding hydrogens is 298 g/mol. The van der Waals surface area contributed by atoms with Gasteiger partial charge in [-0.25, -0.2) is 0 Å². The molecule has 0 atom stereocenters. The third-order valence-corrected chi connectivity index (χ3v) is 1.87. The zero-order valence-electron chi connectivity index (χ0n) is 13.2. The average molecular weight is 314 g/mol. The first kappa shape index (κ1) is 19.4. The lowest BCUT2D eigenvalue weighted by Crippen LogP contribution is -2.03. The van der Waals surface area contributed by atoms with E-state index in [-0.39, 0.29) is 19.4 Å². The fraction of sp³-hybridized carbons (Fsp3) is 0.176. The zero-order chi connectivity index (χ0) is 18.8. The van der Waals surface area contributed by atoms with Crippen molar-refractivity contribution in [3.05, 3.63) is 29.6 Å². The van der Waals surface area contributed by atoms with Crippen molar-refractivity contribution in [2.45, 2.75) is 19.4 Å². The van der Waals surface area contributed by atoms with E-state index in [4.69, 9.17) is 17.6 Å². The molecular formula is C17H15NO5. The Morgan fingerprint density at radius 1 is 1.35 bits per heavy atom. The molecule has 1 rings (SSSR count). The summed E-state index contributed by atoms with van der Waals surface area (Å²) in [5.41, 5.74) is 1.06. The molecule has 0 spiro atoms. The Kier molecular flexibility index (Phi) is 12.5. The monoisotopic (exact) mass is 314 g/mol. The van der Waals surface area contributed by atoms with Crippen molar-refractivity contribution in [3.63, 3.8) is 0 Å². The molecule has 6 heteroatoms. The minimum atomic E-state index is -0.947. The molecule has 1 aromatic heterocycles. The smallest absolute Gasteiger partial charge is 0.318 e. The van der Waals surface area contributed by atoms with Crippen LogP contribution in [0, 0.1) is 37.5 Å². The molecule has 0 aromatic carbocycles. The summed E-state index contributed by atoms with van der Waals surface area (Å²) < 4.78 is 10.6. The van der Waals surface area contributed by atoms with Gasteiger partial charge in [0.25, 0.3) is 0 Å². The van der Waals surface area contributed by atoms with Crippen LogP contribution in [0.1, 0.15) is 30.3 Å². The molecule has 0 bridgehead atoms. The molecule has 1 N–H and O–H groups in total. The van der Waals surface area contributed by atoms with Crippen molar-refractivity contribution in [1.82, 2.24) is 4.98 Å². The highest BCUT2D eigenvalue weighted by Gasteiger charge is 2.01. The summed E-state index contributed by atoms with van der Waals surface area (Å²) in [5.74, 6) is 2.76. The van der Waals surface area contributed by atoms with E-state index in [0.29, 0.717) is 17.5 Å². The first-order valence-corrected chi connectivity index (χ1v) is 5.96. The van der Waals surface area contributed by atoms with Crippen LogP contribution in [0.5, 0.6) is 0 Å². The first-order chi connectivity index (χ1) is 11.4. The van der Waals surface area contributed by atoms with Gasteiger partial charge in [-0.05, 0) is 6.07 Å². The number of aliphatic carboxylic acids is 1. The van der Waals surface area contributed by atoms with Crippen molar-refractivity contribution < 1.29 is 25.6 Å². The van der Waals surface area contributed by atoms with E-state index in [1.54, 1.807) is 12.1 Å². The number of carboxylic acids is 1. The van der Waals surface area contributed by atoms with Crippen LogP contribution in [0.25, 0.3) is 0 Å². The Labute approximate surface area is 136 Å². The maximum Gasteiger partial charge on any atom is 0.318 e. The van der Waals surface area contributed by atoms with Gasteiger partial charge in [0.1, 0.15) is 26.5 Å². The highest BCUT2D eigenvalue weighted by Crippen LogP contribution is 2.01. The number of nitrogens with zero attached hydrogens (tertiary/aromatic N) is 1. The maximum atomic E-state index is 10.9. The number of carboxylic acid groups (broad SMARTS) is 1. The summed E-state index contributed by atoms with van der Waals surface area (Å²) in [6, 6.07) is 3.22. The van der Waals surface area contributed by atoms with Crippen LogP contribution >= 0.6 is 0 Å². The number of carbonyl (C=O) groups excluding carboxylic acids is 2. The van der Waals surface area contributed by atoms with E-state index in [9.17, 15) is 14.4 Å². The van der Waals surface area contributed by atoms with Crippen LogP contribution in [0.2, 0.25) is 0 Å². The van der Waals surface area contributed by atoms with E-state index >= 15 is 0 Å². The second-order valence-corrected chi connectivity index (χ2v) is 3.53. The predicted octanol–water partition coefficient (Wildman–Crippen LogP) is 1.30. The minimum Gasteiger partial charge on any atom is -0.481 e. The molecule has 0 saturated carbocycles.